The highest BCUT2D eigenvalue weighted by Gasteiger charge is 2.43. The average molecular weight is 364 g/mol. The Balaban J connectivity index is 2.63. The Bertz CT molecular complexity index is 779. The number of hydrogen-bond donors (Lipinski definition) is 2. The topological polar surface area (TPSA) is 125 Å². The first kappa shape index (κ1) is 18.5. The van der Waals surface area contributed by atoms with Gasteiger partial charge in [0.1, 0.15) is 5.92 Å². The second kappa shape index (κ2) is 7.34. The zero-order valence-corrected chi connectivity index (χ0v) is 14.3. The van der Waals surface area contributed by atoms with Gasteiger partial charge < -0.3 is 10.4 Å². The van der Waals surface area contributed by atoms with Crippen LogP contribution in [0.15, 0.2) is 29.3 Å². The fraction of sp³-hybridized carbons (Fsp3) is 0.333. The third kappa shape index (κ3) is 3.63. The number of nitrogens with one attached hydrogen (secondary N) is 1. The van der Waals surface area contributed by atoms with Crippen molar-refractivity contribution >= 4 is 40.7 Å². The number of non-ortho nitro benzene ring substituents is 1. The number of nitro groups is 1. The van der Waals surface area contributed by atoms with Crippen LogP contribution in [-0.4, -0.2) is 44.3 Å². The highest BCUT2D eigenvalue weighted by atomic mass is 32.1. The van der Waals surface area contributed by atoms with E-state index in [0.29, 0.717) is 12.1 Å². The molecule has 1 heterocycles. The average Bonchev–Trinajstić information content (AvgIpc) is 2.53. The summed E-state index contributed by atoms with van der Waals surface area (Å²) in [4.78, 5) is 39.7. The second-order valence-corrected chi connectivity index (χ2v) is 5.72. The van der Waals surface area contributed by atoms with E-state index in [1.54, 1.807) is 6.92 Å². The molecular formula is C15H16N4O5S. The van der Waals surface area contributed by atoms with Crippen LogP contribution >= 0.6 is 12.2 Å². The summed E-state index contributed by atoms with van der Waals surface area (Å²) in [6.45, 7) is 3.51. The molecule has 2 unspecified atom stereocenters. The maximum atomic E-state index is 12.4. The molecule has 0 fully saturated rings. The van der Waals surface area contributed by atoms with Gasteiger partial charge in [-0.3, -0.25) is 19.8 Å². The first-order valence-corrected chi connectivity index (χ1v) is 7.82. The third-order valence-electron chi connectivity index (χ3n) is 3.76. The van der Waals surface area contributed by atoms with Crippen LogP contribution < -0.4 is 5.32 Å². The van der Waals surface area contributed by atoms with E-state index in [1.165, 1.54) is 31.2 Å². The van der Waals surface area contributed by atoms with Crippen molar-refractivity contribution in [2.75, 3.05) is 6.54 Å². The fourth-order valence-electron chi connectivity index (χ4n) is 2.70. The lowest BCUT2D eigenvalue weighted by Crippen LogP contribution is -2.52. The van der Waals surface area contributed by atoms with Crippen molar-refractivity contribution in [3.63, 3.8) is 0 Å². The summed E-state index contributed by atoms with van der Waals surface area (Å²) in [5, 5.41) is 23.1. The van der Waals surface area contributed by atoms with Gasteiger partial charge in [-0.05, 0) is 31.6 Å². The monoisotopic (exact) mass is 364 g/mol. The van der Waals surface area contributed by atoms with Gasteiger partial charge in [-0.2, -0.15) is 0 Å². The Labute approximate surface area is 148 Å². The zero-order chi connectivity index (χ0) is 18.7. The molecule has 25 heavy (non-hydrogen) atoms. The number of nitro benzene ring substituents is 1. The number of thiocarbonyl (C=S) groups is 1. The molecule has 1 aliphatic rings. The second-order valence-electron chi connectivity index (χ2n) is 5.35. The van der Waals surface area contributed by atoms with Gasteiger partial charge in [0.15, 0.2) is 0 Å². The fourth-order valence-corrected chi connectivity index (χ4v) is 3.04. The lowest BCUT2D eigenvalue weighted by Gasteiger charge is -2.37. The van der Waals surface area contributed by atoms with Crippen LogP contribution in [0.5, 0.6) is 0 Å². The molecule has 1 aromatic rings. The number of carbonyl (C=O) groups is 2. The van der Waals surface area contributed by atoms with Gasteiger partial charge in [-0.15, -0.1) is 0 Å². The molecule has 0 aromatic heterocycles. The van der Waals surface area contributed by atoms with Crippen molar-refractivity contribution in [2.24, 2.45) is 10.9 Å². The predicted octanol–water partition coefficient (Wildman–Crippen LogP) is 2.13. The maximum Gasteiger partial charge on any atom is 0.324 e. The molecule has 1 aliphatic heterocycles. The molecule has 10 heteroatoms. The molecule has 0 saturated heterocycles. The maximum absolute atomic E-state index is 12.4. The number of rotatable bonds is 4. The minimum absolute atomic E-state index is 0.0857. The molecule has 9 nitrogen and oxygen atoms in total. The highest BCUT2D eigenvalue weighted by Crippen LogP contribution is 2.35. The Kier molecular flexibility index (Phi) is 5.42. The Hall–Kier alpha value is -2.88. The molecule has 2 atom stereocenters. The number of nitrogens with zero attached hydrogens (tertiary/aromatic N) is 3. The van der Waals surface area contributed by atoms with Crippen molar-refractivity contribution in [3.05, 3.63) is 39.9 Å². The lowest BCUT2D eigenvalue weighted by atomic mass is 9.87. The van der Waals surface area contributed by atoms with Crippen LogP contribution in [0.1, 0.15) is 25.5 Å². The zero-order valence-electron chi connectivity index (χ0n) is 13.5. The summed E-state index contributed by atoms with van der Waals surface area (Å²) >= 11 is 5.15. The largest absolute Gasteiger partial charge is 0.481 e. The van der Waals surface area contributed by atoms with E-state index < -0.39 is 28.9 Å². The molecule has 0 radical (unpaired) electrons. The number of hydrogen-bond acceptors (Lipinski definition) is 5. The number of aliphatic imine (C=N–C) groups is 1. The number of aliphatic carboxylic acids is 1. The molecule has 1 aromatic carbocycles. The normalized spacial score (nSPS) is 20.0. The van der Waals surface area contributed by atoms with Crippen LogP contribution in [0.3, 0.4) is 0 Å². The molecule has 0 spiro atoms. The Morgan fingerprint density at radius 3 is 2.72 bits per heavy atom. The molecule has 2 amide bonds. The lowest BCUT2D eigenvalue weighted by molar-refractivity contribution is -0.385. The number of carbonyl (C=O) groups excluding carboxylic acids is 1. The highest BCUT2D eigenvalue weighted by molar-refractivity contribution is 7.80. The summed E-state index contributed by atoms with van der Waals surface area (Å²) in [5.74, 6) is -2.37. The van der Waals surface area contributed by atoms with Crippen LogP contribution in [-0.2, 0) is 4.79 Å². The van der Waals surface area contributed by atoms with Crippen molar-refractivity contribution in [2.45, 2.75) is 19.9 Å². The Morgan fingerprint density at radius 2 is 2.16 bits per heavy atom. The smallest absolute Gasteiger partial charge is 0.324 e. The molecule has 0 saturated carbocycles. The number of carboxylic acid groups (broad SMARTS) is 1. The van der Waals surface area contributed by atoms with E-state index in [1.807, 2.05) is 0 Å². The summed E-state index contributed by atoms with van der Waals surface area (Å²) in [6.07, 6.45) is 0. The quantitative estimate of drug-likeness (QED) is 0.479. The van der Waals surface area contributed by atoms with Gasteiger partial charge in [0.2, 0.25) is 5.11 Å². The molecule has 2 N–H and O–H groups in total. The standard InChI is InChI=1S/C15H16N4O5S/c1-3-16-14(22)18-12(9-5-4-6-10(7-9)19(23)24)11(13(20)21)8(2)17-15(18)25/h4-7,11-12H,3H2,1-2H3,(H,16,22)(H,20,21). The SMILES string of the molecule is CCNC(=O)N1C(=S)N=C(C)C(C(=O)O)C1c1cccc([N+](=O)[O-])c1. The van der Waals surface area contributed by atoms with Gasteiger partial charge >= 0.3 is 12.0 Å². The van der Waals surface area contributed by atoms with E-state index in [-0.39, 0.29) is 16.5 Å². The Morgan fingerprint density at radius 1 is 1.48 bits per heavy atom. The van der Waals surface area contributed by atoms with Gasteiger partial charge in [-0.25, -0.2) is 9.79 Å². The van der Waals surface area contributed by atoms with Crippen LogP contribution in [0.2, 0.25) is 0 Å². The van der Waals surface area contributed by atoms with E-state index in [0.717, 1.165) is 4.90 Å². The minimum Gasteiger partial charge on any atom is -0.481 e. The summed E-state index contributed by atoms with van der Waals surface area (Å²) in [7, 11) is 0. The van der Waals surface area contributed by atoms with Crippen LogP contribution in [0.25, 0.3) is 0 Å². The molecule has 132 valence electrons. The number of urea groups is 1. The molecule has 2 rings (SSSR count). The van der Waals surface area contributed by atoms with Crippen LogP contribution in [0, 0.1) is 16.0 Å². The minimum atomic E-state index is -1.20. The third-order valence-corrected chi connectivity index (χ3v) is 4.05. The molecular weight excluding hydrogens is 348 g/mol. The number of amides is 2. The van der Waals surface area contributed by atoms with Crippen molar-refractivity contribution in [3.8, 4) is 0 Å². The summed E-state index contributed by atoms with van der Waals surface area (Å²) < 4.78 is 0. The van der Waals surface area contributed by atoms with Gasteiger partial charge in [0, 0.05) is 24.4 Å². The first-order chi connectivity index (χ1) is 11.8. The molecule has 0 aliphatic carbocycles. The van der Waals surface area contributed by atoms with E-state index >= 15 is 0 Å². The van der Waals surface area contributed by atoms with Crippen molar-refractivity contribution in [1.82, 2.24) is 10.2 Å². The van der Waals surface area contributed by atoms with Gasteiger partial charge in [0.05, 0.1) is 11.0 Å². The van der Waals surface area contributed by atoms with Gasteiger partial charge in [0.25, 0.3) is 5.69 Å². The van der Waals surface area contributed by atoms with Crippen molar-refractivity contribution in [1.29, 1.82) is 0 Å². The first-order valence-electron chi connectivity index (χ1n) is 7.41. The van der Waals surface area contributed by atoms with Gasteiger partial charge in [-0.1, -0.05) is 12.1 Å². The number of benzene rings is 1. The van der Waals surface area contributed by atoms with E-state index in [4.69, 9.17) is 12.2 Å². The van der Waals surface area contributed by atoms with E-state index in [2.05, 4.69) is 10.3 Å². The molecule has 0 bridgehead atoms. The number of carboxylic acids is 1. The predicted molar refractivity (Wildman–Crippen MR) is 93.6 cm³/mol. The summed E-state index contributed by atoms with van der Waals surface area (Å²) in [6, 6.07) is 3.86. The van der Waals surface area contributed by atoms with Crippen molar-refractivity contribution < 1.29 is 19.6 Å². The summed E-state index contributed by atoms with van der Waals surface area (Å²) in [5.41, 5.74) is 0.322. The van der Waals surface area contributed by atoms with Crippen LogP contribution in [0.4, 0.5) is 10.5 Å². The van der Waals surface area contributed by atoms with E-state index in [9.17, 15) is 24.8 Å².